The number of allylic oxidation sites excluding steroid dienone is 2. The molecule has 2 aliphatic carbocycles. The van der Waals surface area contributed by atoms with Crippen molar-refractivity contribution in [3.8, 4) is 22.9 Å². The summed E-state index contributed by atoms with van der Waals surface area (Å²) in [4.78, 5) is 95.9. The minimum absolute atomic E-state index is 0.0385. The Hall–Kier alpha value is -7.22. The molecule has 8 bridgehead atoms. The van der Waals surface area contributed by atoms with Crippen molar-refractivity contribution in [1.29, 1.82) is 0 Å². The predicted octanol–water partition coefficient (Wildman–Crippen LogP) is 7.67. The Bertz CT molecular complexity index is 3630. The average molecular weight is 995 g/mol. The summed E-state index contributed by atoms with van der Waals surface area (Å²) >= 11 is 0. The predicted molar refractivity (Wildman–Crippen MR) is 280 cm³/mol. The van der Waals surface area contributed by atoms with E-state index in [2.05, 4.69) is 95.2 Å². The van der Waals surface area contributed by atoms with Crippen LogP contribution in [0.5, 0.6) is 11.5 Å². The van der Waals surface area contributed by atoms with Crippen molar-refractivity contribution >= 4 is 11.6 Å². The number of ether oxygens (including phenoxy) is 2. The lowest BCUT2D eigenvalue weighted by Crippen LogP contribution is -2.73. The number of ketones is 2. The molecule has 14 nitrogen and oxygen atoms in total. The van der Waals surface area contributed by atoms with Gasteiger partial charge in [-0.1, -0.05) is 144 Å². The molecule has 74 heavy (non-hydrogen) atoms. The van der Waals surface area contributed by atoms with Crippen molar-refractivity contribution in [3.05, 3.63) is 184 Å². The molecule has 4 unspecified atom stereocenters. The molecule has 0 fully saturated rings. The summed E-state index contributed by atoms with van der Waals surface area (Å²) in [6.07, 6.45) is 3.63. The number of Topliss-reactive ketones (excluding diaryl/α,β-unsaturated/α-hetero) is 2. The van der Waals surface area contributed by atoms with Gasteiger partial charge < -0.3 is 9.47 Å². The summed E-state index contributed by atoms with van der Waals surface area (Å²) in [6.45, 7) is 24.9. The van der Waals surface area contributed by atoms with Crippen LogP contribution >= 0.6 is 0 Å². The summed E-state index contributed by atoms with van der Waals surface area (Å²) in [7, 11) is 0. The van der Waals surface area contributed by atoms with E-state index in [1.807, 2.05) is 36.4 Å². The average Bonchev–Trinajstić information content (AvgIpc) is 4.05. The highest BCUT2D eigenvalue weighted by atomic mass is 16.5. The fraction of sp³-hybridized carbons (Fsp3) is 0.433. The summed E-state index contributed by atoms with van der Waals surface area (Å²) in [5.74, 6) is -0.00592. The lowest BCUT2D eigenvalue weighted by molar-refractivity contribution is -0.156. The second-order valence-corrected chi connectivity index (χ2v) is 26.2. The van der Waals surface area contributed by atoms with Gasteiger partial charge in [0.1, 0.15) is 23.6 Å². The van der Waals surface area contributed by atoms with Gasteiger partial charge in [0.15, 0.2) is 22.3 Å². The van der Waals surface area contributed by atoms with Crippen LogP contribution in [0.25, 0.3) is 11.4 Å². The molecule has 6 atom stereocenters. The molecule has 0 saturated heterocycles. The van der Waals surface area contributed by atoms with Crippen LogP contribution in [0.3, 0.4) is 0 Å². The van der Waals surface area contributed by atoms with E-state index in [0.29, 0.717) is 45.1 Å². The van der Waals surface area contributed by atoms with Crippen LogP contribution in [0.4, 0.5) is 0 Å². The van der Waals surface area contributed by atoms with Gasteiger partial charge in [-0.2, -0.15) is 0 Å². The van der Waals surface area contributed by atoms with E-state index in [1.165, 1.54) is 18.7 Å². The van der Waals surface area contributed by atoms with Gasteiger partial charge in [0, 0.05) is 25.7 Å². The van der Waals surface area contributed by atoms with E-state index in [0.717, 1.165) is 31.4 Å². The van der Waals surface area contributed by atoms with Crippen LogP contribution in [0.15, 0.2) is 127 Å². The molecular formula is C60H62N6O8. The normalized spacial score (nSPS) is 27.0. The van der Waals surface area contributed by atoms with Crippen LogP contribution in [-0.2, 0) is 57.2 Å². The van der Waals surface area contributed by atoms with E-state index in [-0.39, 0.29) is 37.2 Å². The molecule has 0 saturated carbocycles. The fourth-order valence-corrected chi connectivity index (χ4v) is 13.9. The zero-order valence-electron chi connectivity index (χ0n) is 44.2. The lowest BCUT2D eigenvalue weighted by atomic mass is 9.60. The van der Waals surface area contributed by atoms with Gasteiger partial charge in [0.05, 0.1) is 11.4 Å². The highest BCUT2D eigenvalue weighted by molar-refractivity contribution is 6.03. The van der Waals surface area contributed by atoms with E-state index in [9.17, 15) is 0 Å². The maximum absolute atomic E-state index is 16.9. The summed E-state index contributed by atoms with van der Waals surface area (Å²) in [6, 6.07) is 23.5. The zero-order chi connectivity index (χ0) is 52.6. The number of nitrogens with zero attached hydrogens (tertiary/aromatic N) is 6. The maximum atomic E-state index is 16.9. The Balaban J connectivity index is 1.20. The standard InChI is InChI=1S/C60H62N6O8/c1-53(2,3)37-23-33-27-57-31-41(55(7,8)9)46(64-50(70)61(51(71)65(57)64)39-19-15-13-16-20-39)60(47(57)67)30-36-26-38(54(4,5)6)24-34(44(36)74-60)28-58-32-42(56(10,11)12)45(59(48(58)68)29-35(25-37)43(33)73-59)63-49(69)62(52(72)66(58)63)40-21-17-14-18-22-40/h13-26,31-32,45-46H,27-30H2,1-12H3/t45?,46?,57?,58?,59-,60+. The molecule has 6 aromatic rings. The van der Waals surface area contributed by atoms with Gasteiger partial charge >= 0.3 is 22.8 Å². The molecule has 15 rings (SSSR count). The quantitative estimate of drug-likeness (QED) is 0.161. The second kappa shape index (κ2) is 13.9. The minimum Gasteiger partial charge on any atom is -0.476 e. The van der Waals surface area contributed by atoms with Gasteiger partial charge in [-0.05, 0) is 103 Å². The monoisotopic (exact) mass is 994 g/mol. The SMILES string of the molecule is CC(C)(C)C1=CC23Cc4cc(C(C)(C)C)cc5c4O[C@]4(C5)C(=O)C5(C=C(C(C)(C)C)C4n4c(=O)n(-c6ccccc6)c(=O)n45)Cc4cc(C(C)(C)C)cc5c4O[C@@](C5)(C2=O)C1n1c(=O)n(-c2ccccc2)c(=O)n13. The topological polar surface area (TPSA) is 150 Å². The number of carbonyl (C=O) groups excluding carboxylic acids is 2. The highest BCUT2D eigenvalue weighted by Gasteiger charge is 2.73. The number of hydrogen-bond acceptors (Lipinski definition) is 8. The van der Waals surface area contributed by atoms with Gasteiger partial charge in [-0.25, -0.2) is 47.0 Å². The van der Waals surface area contributed by atoms with Crippen LogP contribution < -0.4 is 32.2 Å². The van der Waals surface area contributed by atoms with E-state index >= 15 is 28.8 Å². The number of carbonyl (C=O) groups is 2. The van der Waals surface area contributed by atoms with Crippen molar-refractivity contribution in [2.24, 2.45) is 10.8 Å². The van der Waals surface area contributed by atoms with Crippen molar-refractivity contribution in [2.45, 2.75) is 154 Å². The summed E-state index contributed by atoms with van der Waals surface area (Å²) < 4.78 is 23.2. The van der Waals surface area contributed by atoms with E-state index in [1.54, 1.807) is 48.5 Å². The summed E-state index contributed by atoms with van der Waals surface area (Å²) in [5.41, 5.74) is -5.56. The van der Waals surface area contributed by atoms with Crippen molar-refractivity contribution in [2.75, 3.05) is 0 Å². The smallest absolute Gasteiger partial charge is 0.353 e. The lowest BCUT2D eigenvalue weighted by Gasteiger charge is -2.56. The van der Waals surface area contributed by atoms with Gasteiger partial charge in [0.2, 0.25) is 11.6 Å². The molecule has 14 heteroatoms. The Kier molecular flexibility index (Phi) is 8.76. The van der Waals surface area contributed by atoms with Gasteiger partial charge in [0.25, 0.3) is 0 Å². The summed E-state index contributed by atoms with van der Waals surface area (Å²) in [5, 5.41) is 0. The van der Waals surface area contributed by atoms with Crippen molar-refractivity contribution in [1.82, 2.24) is 27.9 Å². The number of benzene rings is 4. The minimum atomic E-state index is -1.87. The van der Waals surface area contributed by atoms with Crippen LogP contribution in [0, 0.1) is 10.8 Å². The maximum Gasteiger partial charge on any atom is 0.353 e. The van der Waals surface area contributed by atoms with Crippen molar-refractivity contribution < 1.29 is 19.1 Å². The molecular weight excluding hydrogens is 933 g/mol. The Labute approximate surface area is 428 Å². The third-order valence-electron chi connectivity index (χ3n) is 17.4. The van der Waals surface area contributed by atoms with Crippen LogP contribution in [0.1, 0.15) is 129 Å². The molecule has 2 aromatic heterocycles. The third kappa shape index (κ3) is 5.61. The number of rotatable bonds is 2. The number of para-hydroxylation sites is 2. The zero-order valence-corrected chi connectivity index (χ0v) is 44.2. The first-order valence-corrected chi connectivity index (χ1v) is 25.9. The number of hydrogen-bond donors (Lipinski definition) is 0. The van der Waals surface area contributed by atoms with Crippen LogP contribution in [-0.4, -0.2) is 50.6 Å². The van der Waals surface area contributed by atoms with Crippen LogP contribution in [0.2, 0.25) is 0 Å². The third-order valence-corrected chi connectivity index (χ3v) is 17.4. The van der Waals surface area contributed by atoms with Gasteiger partial charge in [-0.3, -0.25) is 9.59 Å². The molecule has 4 spiro atoms. The molecule has 9 aliphatic rings. The molecule has 4 aromatic carbocycles. The van der Waals surface area contributed by atoms with E-state index < -0.39 is 78.8 Å². The molecule has 9 heterocycles. The van der Waals surface area contributed by atoms with E-state index in [4.69, 9.17) is 9.47 Å². The fourth-order valence-electron chi connectivity index (χ4n) is 13.9. The molecule has 380 valence electrons. The number of aromatic nitrogens is 6. The first-order chi connectivity index (χ1) is 34.6. The Morgan fingerprint density at radius 2 is 0.757 bits per heavy atom. The Morgan fingerprint density at radius 3 is 1.07 bits per heavy atom. The molecule has 0 radical (unpaired) electrons. The first-order valence-electron chi connectivity index (χ1n) is 25.9. The first kappa shape index (κ1) is 46.6. The molecule has 0 N–H and O–H groups in total. The highest BCUT2D eigenvalue weighted by Crippen LogP contribution is 2.63. The Morgan fingerprint density at radius 1 is 0.432 bits per heavy atom. The van der Waals surface area contributed by atoms with Crippen molar-refractivity contribution in [3.63, 3.8) is 0 Å². The largest absolute Gasteiger partial charge is 0.476 e. The molecule has 0 amide bonds. The van der Waals surface area contributed by atoms with Gasteiger partial charge in [-0.15, -0.1) is 0 Å². The molecule has 7 aliphatic heterocycles. The second-order valence-electron chi connectivity index (χ2n) is 26.2.